The van der Waals surface area contributed by atoms with Gasteiger partial charge in [-0.15, -0.1) is 0 Å². The van der Waals surface area contributed by atoms with E-state index >= 15 is 0 Å². The van der Waals surface area contributed by atoms with Crippen molar-refractivity contribution in [3.8, 4) is 0 Å². The summed E-state index contributed by atoms with van der Waals surface area (Å²) in [6, 6.07) is 1.88. The number of H-pyrrole nitrogens is 1. The average molecular weight is 370 g/mol. The molecule has 0 radical (unpaired) electrons. The molecule has 2 fully saturated rings. The highest BCUT2D eigenvalue weighted by atomic mass is 16.2. The van der Waals surface area contributed by atoms with Crippen LogP contribution in [0.1, 0.15) is 74.3 Å². The molecule has 0 saturated heterocycles. The molecule has 7 nitrogen and oxygen atoms in total. The molecule has 0 bridgehead atoms. The summed E-state index contributed by atoms with van der Waals surface area (Å²) in [5.74, 6) is 0.666. The fraction of sp³-hybridized carbons (Fsp3) is 0.600. The number of carbonyl (C=O) groups excluding carboxylic acids is 1. The zero-order valence-electron chi connectivity index (χ0n) is 15.9. The van der Waals surface area contributed by atoms with Crippen molar-refractivity contribution in [1.29, 1.82) is 0 Å². The van der Waals surface area contributed by atoms with Gasteiger partial charge in [0.25, 0.3) is 11.5 Å². The minimum Gasteiger partial charge on any atom is -0.349 e. The molecule has 27 heavy (non-hydrogen) atoms. The van der Waals surface area contributed by atoms with Crippen LogP contribution in [0.4, 0.5) is 0 Å². The summed E-state index contributed by atoms with van der Waals surface area (Å²) < 4.78 is 1.43. The molecular weight excluding hydrogens is 344 g/mol. The minimum absolute atomic E-state index is 0.130. The summed E-state index contributed by atoms with van der Waals surface area (Å²) in [6.45, 7) is 4.41. The quantitative estimate of drug-likeness (QED) is 0.863. The molecule has 0 aliphatic heterocycles. The third kappa shape index (κ3) is 3.42. The predicted molar refractivity (Wildman–Crippen MR) is 103 cm³/mol. The van der Waals surface area contributed by atoms with Crippen molar-refractivity contribution in [2.45, 2.75) is 70.9 Å². The van der Waals surface area contributed by atoms with Crippen molar-refractivity contribution in [3.63, 3.8) is 0 Å². The van der Waals surface area contributed by atoms with Crippen molar-refractivity contribution >= 4 is 16.9 Å². The highest BCUT2D eigenvalue weighted by Gasteiger charge is 2.29. The standard InChI is InChI=1S/C20H26N4O3/c1-3-24-17-16(19(26)23-20(24)27)14(10-15(22-17)12-7-8-12)18(25)21-13-6-4-5-11(2)9-13/h10-13H,3-9H2,1-2H3,(H,21,25)(H,23,26,27). The average Bonchev–Trinajstić information content (AvgIpc) is 3.46. The Labute approximate surface area is 157 Å². The maximum absolute atomic E-state index is 13.1. The number of fused-ring (bicyclic) bond motifs is 1. The number of nitrogens with zero attached hydrogens (tertiary/aromatic N) is 2. The number of hydrogen-bond acceptors (Lipinski definition) is 4. The van der Waals surface area contributed by atoms with Gasteiger partial charge in [0, 0.05) is 24.2 Å². The van der Waals surface area contributed by atoms with E-state index in [1.54, 1.807) is 6.07 Å². The summed E-state index contributed by atoms with van der Waals surface area (Å²) in [4.78, 5) is 44.7. The topological polar surface area (TPSA) is 96.9 Å². The molecule has 2 N–H and O–H groups in total. The van der Waals surface area contributed by atoms with E-state index < -0.39 is 11.2 Å². The van der Waals surface area contributed by atoms with Gasteiger partial charge in [0.1, 0.15) is 0 Å². The molecule has 2 aromatic heterocycles. The fourth-order valence-corrected chi connectivity index (χ4v) is 4.18. The number of aryl methyl sites for hydroxylation is 1. The second-order valence-electron chi connectivity index (χ2n) is 8.01. The van der Waals surface area contributed by atoms with Gasteiger partial charge in [0.15, 0.2) is 5.65 Å². The van der Waals surface area contributed by atoms with E-state index in [2.05, 4.69) is 22.2 Å². The monoisotopic (exact) mass is 370 g/mol. The Kier molecular flexibility index (Phi) is 4.61. The number of pyridine rings is 1. The van der Waals surface area contributed by atoms with Crippen LogP contribution in [0.3, 0.4) is 0 Å². The van der Waals surface area contributed by atoms with Crippen LogP contribution in [-0.4, -0.2) is 26.5 Å². The molecule has 2 saturated carbocycles. The van der Waals surface area contributed by atoms with Crippen LogP contribution in [0.2, 0.25) is 0 Å². The third-order valence-electron chi connectivity index (χ3n) is 5.80. The second-order valence-corrected chi connectivity index (χ2v) is 8.01. The van der Waals surface area contributed by atoms with Gasteiger partial charge in [-0.25, -0.2) is 9.78 Å². The molecular formula is C20H26N4O3. The fourth-order valence-electron chi connectivity index (χ4n) is 4.18. The normalized spacial score (nSPS) is 22.7. The SMILES string of the molecule is CCn1c(=O)[nH]c(=O)c2c(C(=O)NC3CCCC(C)C3)cc(C3CC3)nc21. The first kappa shape index (κ1) is 17.9. The molecule has 2 aliphatic rings. The van der Waals surface area contributed by atoms with Crippen LogP contribution in [0, 0.1) is 5.92 Å². The molecule has 0 aromatic carbocycles. The number of rotatable bonds is 4. The highest BCUT2D eigenvalue weighted by Crippen LogP contribution is 2.40. The maximum atomic E-state index is 13.1. The van der Waals surface area contributed by atoms with Crippen molar-refractivity contribution in [2.75, 3.05) is 0 Å². The molecule has 2 atom stereocenters. The van der Waals surface area contributed by atoms with Crippen LogP contribution in [0.25, 0.3) is 11.0 Å². The van der Waals surface area contributed by atoms with Gasteiger partial charge in [0.2, 0.25) is 0 Å². The van der Waals surface area contributed by atoms with Gasteiger partial charge >= 0.3 is 5.69 Å². The second kappa shape index (κ2) is 6.94. The van der Waals surface area contributed by atoms with Crippen LogP contribution in [0.15, 0.2) is 15.7 Å². The Morgan fingerprint density at radius 2 is 2.07 bits per heavy atom. The first-order valence-electron chi connectivity index (χ1n) is 9.96. The smallest absolute Gasteiger partial charge is 0.329 e. The zero-order valence-corrected chi connectivity index (χ0v) is 15.9. The van der Waals surface area contributed by atoms with Crippen molar-refractivity contribution < 1.29 is 4.79 Å². The molecule has 4 rings (SSSR count). The van der Waals surface area contributed by atoms with E-state index in [-0.39, 0.29) is 17.3 Å². The van der Waals surface area contributed by atoms with Crippen molar-refractivity contribution in [2.24, 2.45) is 5.92 Å². The molecule has 7 heteroatoms. The lowest BCUT2D eigenvalue weighted by atomic mass is 9.87. The lowest BCUT2D eigenvalue weighted by Crippen LogP contribution is -2.39. The van der Waals surface area contributed by atoms with Gasteiger partial charge in [-0.3, -0.25) is 19.1 Å². The van der Waals surface area contributed by atoms with Gasteiger partial charge in [0.05, 0.1) is 10.9 Å². The summed E-state index contributed by atoms with van der Waals surface area (Å²) in [5, 5.41) is 3.33. The van der Waals surface area contributed by atoms with Crippen LogP contribution >= 0.6 is 0 Å². The molecule has 2 unspecified atom stereocenters. The van der Waals surface area contributed by atoms with Gasteiger partial charge in [-0.05, 0) is 44.6 Å². The molecule has 2 aliphatic carbocycles. The Hall–Kier alpha value is -2.44. The highest BCUT2D eigenvalue weighted by molar-refractivity contribution is 6.05. The first-order chi connectivity index (χ1) is 13.0. The first-order valence-corrected chi connectivity index (χ1v) is 9.96. The van der Waals surface area contributed by atoms with Gasteiger partial charge in [-0.1, -0.05) is 19.8 Å². The molecule has 2 heterocycles. The Morgan fingerprint density at radius 3 is 2.74 bits per heavy atom. The number of hydrogen-bond donors (Lipinski definition) is 2. The molecule has 2 aromatic rings. The lowest BCUT2D eigenvalue weighted by molar-refractivity contribution is 0.0923. The molecule has 0 spiro atoms. The van der Waals surface area contributed by atoms with Crippen LogP contribution in [0.5, 0.6) is 0 Å². The van der Waals surface area contributed by atoms with E-state index in [0.29, 0.717) is 29.6 Å². The number of amides is 1. The summed E-state index contributed by atoms with van der Waals surface area (Å²) in [7, 11) is 0. The Balaban J connectivity index is 1.82. The number of carbonyl (C=O) groups is 1. The summed E-state index contributed by atoms with van der Waals surface area (Å²) in [5.41, 5.74) is 0.429. The van der Waals surface area contributed by atoms with Crippen molar-refractivity contribution in [3.05, 3.63) is 38.2 Å². The number of aromatic nitrogens is 3. The number of aromatic amines is 1. The van der Waals surface area contributed by atoms with E-state index in [1.807, 2.05) is 6.92 Å². The van der Waals surface area contributed by atoms with Crippen LogP contribution < -0.4 is 16.6 Å². The maximum Gasteiger partial charge on any atom is 0.329 e. The van der Waals surface area contributed by atoms with Crippen LogP contribution in [-0.2, 0) is 6.54 Å². The molecule has 144 valence electrons. The number of nitrogens with one attached hydrogen (secondary N) is 2. The Morgan fingerprint density at radius 1 is 1.30 bits per heavy atom. The van der Waals surface area contributed by atoms with E-state index in [1.165, 1.54) is 11.0 Å². The largest absolute Gasteiger partial charge is 0.349 e. The lowest BCUT2D eigenvalue weighted by Gasteiger charge is -2.27. The Bertz CT molecular complexity index is 1000. The summed E-state index contributed by atoms with van der Waals surface area (Å²) in [6.07, 6.45) is 6.27. The third-order valence-corrected chi connectivity index (χ3v) is 5.80. The zero-order chi connectivity index (χ0) is 19.1. The van der Waals surface area contributed by atoms with E-state index in [0.717, 1.165) is 37.8 Å². The van der Waals surface area contributed by atoms with Crippen molar-refractivity contribution in [1.82, 2.24) is 19.9 Å². The van der Waals surface area contributed by atoms with Gasteiger partial charge in [-0.2, -0.15) is 0 Å². The summed E-state index contributed by atoms with van der Waals surface area (Å²) >= 11 is 0. The predicted octanol–water partition coefficient (Wildman–Crippen LogP) is 2.29. The van der Waals surface area contributed by atoms with E-state index in [9.17, 15) is 14.4 Å². The van der Waals surface area contributed by atoms with E-state index in [4.69, 9.17) is 0 Å². The minimum atomic E-state index is -0.545. The van der Waals surface area contributed by atoms with Gasteiger partial charge < -0.3 is 5.32 Å². The molecule has 1 amide bonds.